The highest BCUT2D eigenvalue weighted by atomic mass is 32.2. The Kier molecular flexibility index (Phi) is 6.42. The van der Waals surface area contributed by atoms with Gasteiger partial charge in [0.05, 0.1) is 22.2 Å². The van der Waals surface area contributed by atoms with E-state index in [9.17, 15) is 4.79 Å². The van der Waals surface area contributed by atoms with Crippen LogP contribution in [0.3, 0.4) is 0 Å². The third-order valence-corrected chi connectivity index (χ3v) is 6.89. The lowest BCUT2D eigenvalue weighted by molar-refractivity contribution is 0.0958. The number of carbonyl (C=O) groups is 1. The largest absolute Gasteiger partial charge is 0.494 e. The molecule has 0 atom stereocenters. The zero-order chi connectivity index (χ0) is 20.1. The third-order valence-electron chi connectivity index (χ3n) is 4.74. The summed E-state index contributed by atoms with van der Waals surface area (Å²) in [6, 6.07) is 20.5. The SMILES string of the molecule is CCOc1ccc(CCNC(=O)c2ccc(N3CCSc4ccccc43)s2)cc1. The molecule has 0 radical (unpaired) electrons. The number of nitrogens with one attached hydrogen (secondary N) is 1. The minimum absolute atomic E-state index is 0.00754. The minimum atomic E-state index is -0.00754. The normalized spacial score (nSPS) is 13.1. The van der Waals surface area contributed by atoms with Crippen molar-refractivity contribution >= 4 is 39.7 Å². The number of anilines is 2. The van der Waals surface area contributed by atoms with Crippen LogP contribution in [0.1, 0.15) is 22.2 Å². The van der Waals surface area contributed by atoms with E-state index < -0.39 is 0 Å². The molecule has 4 rings (SSSR count). The molecule has 0 aliphatic carbocycles. The van der Waals surface area contributed by atoms with Gasteiger partial charge in [-0.15, -0.1) is 23.1 Å². The van der Waals surface area contributed by atoms with Gasteiger partial charge < -0.3 is 15.0 Å². The van der Waals surface area contributed by atoms with Gasteiger partial charge in [0.2, 0.25) is 0 Å². The Labute approximate surface area is 179 Å². The number of para-hydroxylation sites is 1. The Morgan fingerprint density at radius 3 is 2.76 bits per heavy atom. The lowest BCUT2D eigenvalue weighted by atomic mass is 10.1. The Morgan fingerprint density at radius 1 is 1.10 bits per heavy atom. The fraction of sp³-hybridized carbons (Fsp3) is 0.261. The second-order valence-corrected chi connectivity index (χ2v) is 8.89. The average molecular weight is 425 g/mol. The molecular weight excluding hydrogens is 400 g/mol. The van der Waals surface area contributed by atoms with Gasteiger partial charge in [0.25, 0.3) is 5.91 Å². The van der Waals surface area contributed by atoms with Gasteiger partial charge in [0.15, 0.2) is 0 Å². The summed E-state index contributed by atoms with van der Waals surface area (Å²) in [5.74, 6) is 1.93. The molecule has 2 heterocycles. The van der Waals surface area contributed by atoms with Crippen LogP contribution < -0.4 is 15.0 Å². The van der Waals surface area contributed by atoms with Gasteiger partial charge in [0, 0.05) is 23.7 Å². The number of nitrogens with zero attached hydrogens (tertiary/aromatic N) is 1. The highest BCUT2D eigenvalue weighted by molar-refractivity contribution is 7.99. The molecule has 150 valence electrons. The molecule has 1 aromatic heterocycles. The number of amides is 1. The number of benzene rings is 2. The molecule has 3 aromatic rings. The summed E-state index contributed by atoms with van der Waals surface area (Å²) < 4.78 is 5.46. The van der Waals surface area contributed by atoms with Crippen molar-refractivity contribution in [2.45, 2.75) is 18.2 Å². The number of ether oxygens (including phenoxy) is 1. The van der Waals surface area contributed by atoms with Crippen LogP contribution in [-0.4, -0.2) is 31.4 Å². The molecule has 0 unspecified atom stereocenters. The molecule has 0 saturated heterocycles. The summed E-state index contributed by atoms with van der Waals surface area (Å²) in [5, 5.41) is 4.16. The maximum absolute atomic E-state index is 12.6. The molecule has 0 bridgehead atoms. The van der Waals surface area contributed by atoms with E-state index in [0.29, 0.717) is 13.2 Å². The molecule has 6 heteroatoms. The second kappa shape index (κ2) is 9.37. The first-order chi connectivity index (χ1) is 14.2. The monoisotopic (exact) mass is 424 g/mol. The molecule has 4 nitrogen and oxygen atoms in total. The molecule has 0 fully saturated rings. The van der Waals surface area contributed by atoms with Gasteiger partial charge in [-0.2, -0.15) is 0 Å². The highest BCUT2D eigenvalue weighted by Crippen LogP contribution is 2.41. The number of hydrogen-bond donors (Lipinski definition) is 1. The topological polar surface area (TPSA) is 41.6 Å². The van der Waals surface area contributed by atoms with E-state index in [0.717, 1.165) is 34.3 Å². The molecule has 1 amide bonds. The molecule has 1 aliphatic rings. The van der Waals surface area contributed by atoms with E-state index in [2.05, 4.69) is 40.5 Å². The van der Waals surface area contributed by atoms with Gasteiger partial charge in [-0.1, -0.05) is 24.3 Å². The van der Waals surface area contributed by atoms with E-state index in [-0.39, 0.29) is 5.91 Å². The zero-order valence-corrected chi connectivity index (χ0v) is 18.0. The predicted molar refractivity (Wildman–Crippen MR) is 122 cm³/mol. The predicted octanol–water partition coefficient (Wildman–Crippen LogP) is 5.36. The zero-order valence-electron chi connectivity index (χ0n) is 16.4. The maximum atomic E-state index is 12.6. The van der Waals surface area contributed by atoms with Crippen molar-refractivity contribution in [1.29, 1.82) is 0 Å². The molecule has 1 N–H and O–H groups in total. The summed E-state index contributed by atoms with van der Waals surface area (Å²) in [4.78, 5) is 16.9. The second-order valence-electron chi connectivity index (χ2n) is 6.69. The fourth-order valence-electron chi connectivity index (χ4n) is 3.32. The standard InChI is InChI=1S/C23H24N2O2S2/c1-2-27-18-9-7-17(8-10-18)13-14-24-23(26)21-11-12-22(29-21)25-15-16-28-20-6-4-3-5-19(20)25/h3-12H,2,13-16H2,1H3,(H,24,26). The van der Waals surface area contributed by atoms with Gasteiger partial charge in [0.1, 0.15) is 5.75 Å². The quantitative estimate of drug-likeness (QED) is 0.554. The number of fused-ring (bicyclic) bond motifs is 1. The van der Waals surface area contributed by atoms with Crippen LogP contribution in [0.5, 0.6) is 5.75 Å². The van der Waals surface area contributed by atoms with E-state index >= 15 is 0 Å². The van der Waals surface area contributed by atoms with E-state index in [4.69, 9.17) is 4.74 Å². The Hall–Kier alpha value is -2.44. The number of rotatable bonds is 7. The lowest BCUT2D eigenvalue weighted by Crippen LogP contribution is -2.25. The molecule has 29 heavy (non-hydrogen) atoms. The Morgan fingerprint density at radius 2 is 1.93 bits per heavy atom. The van der Waals surface area contributed by atoms with Crippen molar-refractivity contribution in [3.63, 3.8) is 0 Å². The van der Waals surface area contributed by atoms with Crippen molar-refractivity contribution < 1.29 is 9.53 Å². The highest BCUT2D eigenvalue weighted by Gasteiger charge is 2.20. The van der Waals surface area contributed by atoms with Crippen LogP contribution in [0.2, 0.25) is 0 Å². The number of carbonyl (C=O) groups excluding carboxylic acids is 1. The molecule has 0 saturated carbocycles. The Balaban J connectivity index is 1.34. The fourth-order valence-corrected chi connectivity index (χ4v) is 5.28. The third kappa shape index (κ3) is 4.77. The first-order valence-corrected chi connectivity index (χ1v) is 11.6. The summed E-state index contributed by atoms with van der Waals surface area (Å²) in [7, 11) is 0. The van der Waals surface area contributed by atoms with Crippen LogP contribution in [-0.2, 0) is 6.42 Å². The minimum Gasteiger partial charge on any atom is -0.494 e. The first-order valence-electron chi connectivity index (χ1n) is 9.84. The number of thiophene rings is 1. The number of hydrogen-bond acceptors (Lipinski definition) is 5. The van der Waals surface area contributed by atoms with Crippen molar-refractivity contribution in [2.75, 3.05) is 30.3 Å². The van der Waals surface area contributed by atoms with Crippen LogP contribution in [0.25, 0.3) is 0 Å². The van der Waals surface area contributed by atoms with Gasteiger partial charge in [-0.25, -0.2) is 0 Å². The summed E-state index contributed by atoms with van der Waals surface area (Å²) in [5.41, 5.74) is 2.41. The first kappa shape index (κ1) is 19.9. The van der Waals surface area contributed by atoms with E-state index in [1.165, 1.54) is 16.1 Å². The van der Waals surface area contributed by atoms with Crippen LogP contribution in [0.15, 0.2) is 65.6 Å². The number of thioether (sulfide) groups is 1. The van der Waals surface area contributed by atoms with Gasteiger partial charge in [-0.3, -0.25) is 4.79 Å². The maximum Gasteiger partial charge on any atom is 0.261 e. The molecule has 2 aromatic carbocycles. The van der Waals surface area contributed by atoms with Crippen molar-refractivity contribution in [3.05, 3.63) is 71.1 Å². The molecular formula is C23H24N2O2S2. The van der Waals surface area contributed by atoms with Crippen molar-refractivity contribution in [2.24, 2.45) is 0 Å². The van der Waals surface area contributed by atoms with Crippen molar-refractivity contribution in [1.82, 2.24) is 5.32 Å². The lowest BCUT2D eigenvalue weighted by Gasteiger charge is -2.29. The van der Waals surface area contributed by atoms with Crippen LogP contribution in [0.4, 0.5) is 10.7 Å². The van der Waals surface area contributed by atoms with Crippen LogP contribution >= 0.6 is 23.1 Å². The van der Waals surface area contributed by atoms with Gasteiger partial charge >= 0.3 is 0 Å². The summed E-state index contributed by atoms with van der Waals surface area (Å²) in [6.07, 6.45) is 0.799. The van der Waals surface area contributed by atoms with Gasteiger partial charge in [-0.05, 0) is 55.3 Å². The average Bonchev–Trinajstić information content (AvgIpc) is 3.25. The van der Waals surface area contributed by atoms with E-state index in [1.807, 2.05) is 49.0 Å². The smallest absolute Gasteiger partial charge is 0.261 e. The Bertz CT molecular complexity index is 969. The van der Waals surface area contributed by atoms with E-state index in [1.54, 1.807) is 11.3 Å². The van der Waals surface area contributed by atoms with Crippen molar-refractivity contribution in [3.8, 4) is 5.75 Å². The molecule has 1 aliphatic heterocycles. The molecule has 0 spiro atoms. The summed E-state index contributed by atoms with van der Waals surface area (Å²) >= 11 is 3.44. The van der Waals surface area contributed by atoms with Crippen LogP contribution in [0, 0.1) is 0 Å². The summed E-state index contributed by atoms with van der Waals surface area (Å²) in [6.45, 7) is 4.22.